The summed E-state index contributed by atoms with van der Waals surface area (Å²) in [6.45, 7) is 1.73. The van der Waals surface area contributed by atoms with Crippen LogP contribution in [-0.2, 0) is 21.0 Å². The zero-order chi connectivity index (χ0) is 23.1. The smallest absolute Gasteiger partial charge is 0.354 e. The lowest BCUT2D eigenvalue weighted by molar-refractivity contribution is -0.137. The normalized spacial score (nSPS) is 11.9. The maximum absolute atomic E-state index is 13.2. The van der Waals surface area contributed by atoms with Crippen molar-refractivity contribution < 1.29 is 26.4 Å². The van der Waals surface area contributed by atoms with Gasteiger partial charge in [0.05, 0.1) is 22.7 Å². The molecule has 31 heavy (non-hydrogen) atoms. The van der Waals surface area contributed by atoms with E-state index in [0.29, 0.717) is 17.9 Å². The summed E-state index contributed by atoms with van der Waals surface area (Å²) in [4.78, 5) is 11.8. The molecule has 1 amide bonds. The topological polar surface area (TPSA) is 66.5 Å². The molecule has 0 unspecified atom stereocenters. The minimum absolute atomic E-state index is 0.0476. The van der Waals surface area contributed by atoms with E-state index >= 15 is 0 Å². The number of hydrogen-bond donors (Lipinski definition) is 1. The van der Waals surface area contributed by atoms with Gasteiger partial charge in [0, 0.05) is 18.0 Å². The van der Waals surface area contributed by atoms with Gasteiger partial charge < -0.3 is 5.32 Å². The minimum Gasteiger partial charge on any atom is -0.354 e. The van der Waals surface area contributed by atoms with Crippen LogP contribution in [0.1, 0.15) is 38.2 Å². The van der Waals surface area contributed by atoms with E-state index in [4.69, 9.17) is 11.6 Å². The molecule has 1 N–H and O–H groups in total. The lowest BCUT2D eigenvalue weighted by Crippen LogP contribution is -2.38. The first-order chi connectivity index (χ1) is 14.6. The van der Waals surface area contributed by atoms with Crippen LogP contribution in [0.15, 0.2) is 53.4 Å². The van der Waals surface area contributed by atoms with Gasteiger partial charge in [-0.2, -0.15) is 13.2 Å². The van der Waals surface area contributed by atoms with E-state index in [2.05, 4.69) is 5.32 Å². The van der Waals surface area contributed by atoms with Crippen molar-refractivity contribution in [1.82, 2.24) is 5.32 Å². The first kappa shape index (κ1) is 25.0. The first-order valence-corrected chi connectivity index (χ1v) is 11.6. The van der Waals surface area contributed by atoms with E-state index in [-0.39, 0.29) is 29.6 Å². The molecule has 0 radical (unpaired) electrons. The maximum atomic E-state index is 13.2. The van der Waals surface area contributed by atoms with Crippen LogP contribution in [0.3, 0.4) is 0 Å². The fourth-order valence-corrected chi connectivity index (χ4v) is 4.46. The predicted molar refractivity (Wildman–Crippen MR) is 115 cm³/mol. The van der Waals surface area contributed by atoms with Gasteiger partial charge in [-0.15, -0.1) is 0 Å². The number of sulfonamides is 1. The second-order valence-electron chi connectivity index (χ2n) is 6.89. The molecule has 170 valence electrons. The van der Waals surface area contributed by atoms with Crippen molar-refractivity contribution in [3.05, 3.63) is 59.1 Å². The molecule has 0 heterocycles. The Kier molecular flexibility index (Phi) is 8.76. The molecule has 0 saturated carbocycles. The highest BCUT2D eigenvalue weighted by atomic mass is 35.5. The van der Waals surface area contributed by atoms with Gasteiger partial charge in [0.2, 0.25) is 5.91 Å². The van der Waals surface area contributed by atoms with Crippen molar-refractivity contribution in [1.29, 1.82) is 0 Å². The van der Waals surface area contributed by atoms with Crippen LogP contribution >= 0.6 is 11.6 Å². The molecule has 0 aromatic heterocycles. The van der Waals surface area contributed by atoms with E-state index in [1.807, 2.05) is 6.92 Å². The first-order valence-electron chi connectivity index (χ1n) is 9.78. The zero-order valence-electron chi connectivity index (χ0n) is 17.0. The Labute approximate surface area is 185 Å². The SMILES string of the molecule is CCCCCC(=O)NCCN(c1cccc(C(F)(F)F)c1)S(=O)(=O)c1ccc(Cl)cc1. The molecular weight excluding hydrogens is 453 g/mol. The van der Waals surface area contributed by atoms with Gasteiger partial charge in [0.25, 0.3) is 10.0 Å². The van der Waals surface area contributed by atoms with Crippen molar-refractivity contribution in [3.8, 4) is 0 Å². The number of anilines is 1. The molecule has 10 heteroatoms. The standard InChI is InChI=1S/C21H24ClF3N2O3S/c1-2-3-4-8-20(28)26-13-14-27(18-7-5-6-16(15-18)21(23,24)25)31(29,30)19-11-9-17(22)10-12-19/h5-7,9-12,15H,2-4,8,13-14H2,1H3,(H,26,28). The quantitative estimate of drug-likeness (QED) is 0.476. The van der Waals surface area contributed by atoms with Crippen molar-refractivity contribution >= 4 is 33.2 Å². The van der Waals surface area contributed by atoms with Gasteiger partial charge in [0.15, 0.2) is 0 Å². The highest BCUT2D eigenvalue weighted by Crippen LogP contribution is 2.33. The lowest BCUT2D eigenvalue weighted by Gasteiger charge is -2.25. The molecule has 0 aliphatic rings. The van der Waals surface area contributed by atoms with Crippen molar-refractivity contribution in [2.45, 2.75) is 43.7 Å². The number of amides is 1. The van der Waals surface area contributed by atoms with Crippen molar-refractivity contribution in [2.24, 2.45) is 0 Å². The molecule has 0 aliphatic heterocycles. The molecule has 2 aromatic rings. The van der Waals surface area contributed by atoms with Crippen LogP contribution in [0, 0.1) is 0 Å². The number of carbonyl (C=O) groups excluding carboxylic acids is 1. The average molecular weight is 477 g/mol. The number of nitrogens with zero attached hydrogens (tertiary/aromatic N) is 1. The van der Waals surface area contributed by atoms with Gasteiger partial charge in [0.1, 0.15) is 0 Å². The van der Waals surface area contributed by atoms with Crippen molar-refractivity contribution in [3.63, 3.8) is 0 Å². The number of nitrogens with one attached hydrogen (secondary N) is 1. The Hall–Kier alpha value is -2.26. The number of halogens is 4. The van der Waals surface area contributed by atoms with E-state index in [9.17, 15) is 26.4 Å². The zero-order valence-corrected chi connectivity index (χ0v) is 18.5. The van der Waals surface area contributed by atoms with E-state index in [1.165, 1.54) is 30.3 Å². The summed E-state index contributed by atoms with van der Waals surface area (Å²) in [7, 11) is -4.20. The molecule has 0 spiro atoms. The van der Waals surface area contributed by atoms with E-state index in [0.717, 1.165) is 35.3 Å². The summed E-state index contributed by atoms with van der Waals surface area (Å²) in [6.07, 6.45) is -1.76. The number of carbonyl (C=O) groups is 1. The third kappa shape index (κ3) is 7.14. The van der Waals surface area contributed by atoms with Gasteiger partial charge in [-0.3, -0.25) is 9.10 Å². The molecule has 5 nitrogen and oxygen atoms in total. The monoisotopic (exact) mass is 476 g/mol. The predicted octanol–water partition coefficient (Wildman–Crippen LogP) is 5.25. The molecule has 2 aromatic carbocycles. The summed E-state index contributed by atoms with van der Waals surface area (Å²) in [5.41, 5.74) is -1.12. The second kappa shape index (κ2) is 10.9. The summed E-state index contributed by atoms with van der Waals surface area (Å²) in [5.74, 6) is -0.235. The van der Waals surface area contributed by atoms with Gasteiger partial charge in [-0.1, -0.05) is 37.4 Å². The second-order valence-corrected chi connectivity index (χ2v) is 9.18. The van der Waals surface area contributed by atoms with Crippen molar-refractivity contribution in [2.75, 3.05) is 17.4 Å². The fraction of sp³-hybridized carbons (Fsp3) is 0.381. The molecule has 0 fully saturated rings. The molecule has 0 aliphatic carbocycles. The fourth-order valence-electron chi connectivity index (χ4n) is 2.88. The molecule has 2 rings (SSSR count). The van der Waals surface area contributed by atoms with E-state index < -0.39 is 21.8 Å². The summed E-state index contributed by atoms with van der Waals surface area (Å²) in [5, 5.41) is 2.95. The van der Waals surface area contributed by atoms with E-state index in [1.54, 1.807) is 0 Å². The molecule has 0 atom stereocenters. The number of hydrogen-bond acceptors (Lipinski definition) is 3. The Morgan fingerprint density at radius 2 is 1.77 bits per heavy atom. The maximum Gasteiger partial charge on any atom is 0.416 e. The summed E-state index contributed by atoms with van der Waals surface area (Å²) >= 11 is 5.82. The van der Waals surface area contributed by atoms with Crippen LogP contribution in [-0.4, -0.2) is 27.4 Å². The van der Waals surface area contributed by atoms with Crippen LogP contribution in [0.5, 0.6) is 0 Å². The Balaban J connectivity index is 2.30. The van der Waals surface area contributed by atoms with Crippen LogP contribution in [0.25, 0.3) is 0 Å². The number of unbranched alkanes of at least 4 members (excludes halogenated alkanes) is 2. The molecule has 0 bridgehead atoms. The Morgan fingerprint density at radius 1 is 1.10 bits per heavy atom. The minimum atomic E-state index is -4.63. The lowest BCUT2D eigenvalue weighted by atomic mass is 10.2. The summed E-state index contributed by atoms with van der Waals surface area (Å²) < 4.78 is 66.7. The Morgan fingerprint density at radius 3 is 2.39 bits per heavy atom. The van der Waals surface area contributed by atoms with Gasteiger partial charge >= 0.3 is 6.18 Å². The summed E-state index contributed by atoms with van der Waals surface area (Å²) in [6, 6.07) is 9.39. The van der Waals surface area contributed by atoms with Gasteiger partial charge in [-0.05, 0) is 48.9 Å². The third-order valence-corrected chi connectivity index (χ3v) is 6.60. The number of alkyl halides is 3. The van der Waals surface area contributed by atoms with Crippen LogP contribution in [0.2, 0.25) is 5.02 Å². The highest BCUT2D eigenvalue weighted by Gasteiger charge is 2.32. The third-order valence-electron chi connectivity index (χ3n) is 4.51. The number of benzene rings is 2. The largest absolute Gasteiger partial charge is 0.416 e. The Bertz CT molecular complexity index is 980. The van der Waals surface area contributed by atoms with Gasteiger partial charge in [-0.25, -0.2) is 8.42 Å². The van der Waals surface area contributed by atoms with Crippen LogP contribution < -0.4 is 9.62 Å². The average Bonchev–Trinajstić information content (AvgIpc) is 2.71. The molecule has 0 saturated heterocycles. The highest BCUT2D eigenvalue weighted by molar-refractivity contribution is 7.92. The molecular formula is C21H24ClF3N2O3S. The van der Waals surface area contributed by atoms with Crippen LogP contribution in [0.4, 0.5) is 18.9 Å². The number of rotatable bonds is 10.